The Balaban J connectivity index is 2.68. The number of imidazole rings is 1. The largest absolute Gasteiger partial charge is 0.392 e. The molecule has 0 saturated carbocycles. The molecule has 2 rings (SSSR count). The summed E-state index contributed by atoms with van der Waals surface area (Å²) in [6.45, 7) is 5.84. The molecule has 4 nitrogen and oxygen atoms in total. The van der Waals surface area contributed by atoms with Crippen molar-refractivity contribution in [3.63, 3.8) is 0 Å². The van der Waals surface area contributed by atoms with Gasteiger partial charge in [0.15, 0.2) is 0 Å². The molecule has 2 aromatic rings. The lowest BCUT2D eigenvalue weighted by molar-refractivity contribution is 0.280. The van der Waals surface area contributed by atoms with Crippen molar-refractivity contribution in [1.29, 1.82) is 0 Å². The maximum Gasteiger partial charge on any atom is 0.144 e. The molecule has 4 heteroatoms. The number of aliphatic hydroxyl groups excluding tert-OH is 1. The van der Waals surface area contributed by atoms with Gasteiger partial charge in [0.25, 0.3) is 0 Å². The molecule has 2 heterocycles. The minimum absolute atomic E-state index is 0.00787. The van der Waals surface area contributed by atoms with Crippen LogP contribution in [-0.4, -0.2) is 19.6 Å². The van der Waals surface area contributed by atoms with E-state index in [1.54, 1.807) is 6.20 Å². The number of pyridine rings is 1. The topological polar surface area (TPSA) is 50.9 Å². The summed E-state index contributed by atoms with van der Waals surface area (Å²) in [5.41, 5.74) is 2.85. The molecule has 2 aromatic heterocycles. The predicted octanol–water partition coefficient (Wildman–Crippen LogP) is 1.68. The molecule has 0 amide bonds. The Hall–Kier alpha value is -1.68. The second-order valence-electron chi connectivity index (χ2n) is 3.89. The van der Waals surface area contributed by atoms with Crippen molar-refractivity contribution in [2.24, 2.45) is 0 Å². The highest BCUT2D eigenvalue weighted by Crippen LogP contribution is 2.18. The monoisotopic (exact) mass is 217 g/mol. The molecule has 1 N–H and O–H groups in total. The summed E-state index contributed by atoms with van der Waals surface area (Å²) in [7, 11) is 0. The molecule has 0 bridgehead atoms. The highest BCUT2D eigenvalue weighted by molar-refractivity contribution is 5.41. The van der Waals surface area contributed by atoms with Gasteiger partial charge in [0.1, 0.15) is 11.6 Å². The number of nitrogens with zero attached hydrogens (tertiary/aromatic N) is 3. The van der Waals surface area contributed by atoms with Crippen LogP contribution in [0.1, 0.15) is 22.6 Å². The molecule has 0 unspecified atom stereocenters. The van der Waals surface area contributed by atoms with Crippen molar-refractivity contribution in [2.45, 2.75) is 27.4 Å². The maximum atomic E-state index is 9.41. The molecule has 16 heavy (non-hydrogen) atoms. The Bertz CT molecular complexity index is 517. The van der Waals surface area contributed by atoms with E-state index in [9.17, 15) is 5.11 Å². The summed E-state index contributed by atoms with van der Waals surface area (Å²) in [5, 5.41) is 9.41. The lowest BCUT2D eigenvalue weighted by atomic mass is 10.1. The number of rotatable bonds is 2. The number of aliphatic hydroxyl groups is 1. The first-order valence-corrected chi connectivity index (χ1v) is 5.21. The number of hydrogen-bond acceptors (Lipinski definition) is 3. The quantitative estimate of drug-likeness (QED) is 0.832. The van der Waals surface area contributed by atoms with Crippen LogP contribution in [0.25, 0.3) is 5.82 Å². The average Bonchev–Trinajstić information content (AvgIpc) is 2.63. The Morgan fingerprint density at radius 2 is 2.06 bits per heavy atom. The van der Waals surface area contributed by atoms with E-state index in [1.807, 2.05) is 37.6 Å². The minimum atomic E-state index is -0.00787. The van der Waals surface area contributed by atoms with Crippen molar-refractivity contribution >= 4 is 0 Å². The van der Waals surface area contributed by atoms with Crippen LogP contribution in [0.5, 0.6) is 0 Å². The van der Waals surface area contributed by atoms with Crippen molar-refractivity contribution < 1.29 is 5.11 Å². The van der Waals surface area contributed by atoms with E-state index in [1.165, 1.54) is 0 Å². The zero-order valence-electron chi connectivity index (χ0n) is 9.73. The van der Waals surface area contributed by atoms with Crippen LogP contribution in [0.3, 0.4) is 0 Å². The van der Waals surface area contributed by atoms with E-state index in [2.05, 4.69) is 9.97 Å². The average molecular weight is 217 g/mol. The van der Waals surface area contributed by atoms with Gasteiger partial charge in [0, 0.05) is 23.7 Å². The second kappa shape index (κ2) is 4.06. The molecule has 0 atom stereocenters. The van der Waals surface area contributed by atoms with Crippen molar-refractivity contribution in [3.05, 3.63) is 41.1 Å². The van der Waals surface area contributed by atoms with Crippen LogP contribution in [0.15, 0.2) is 18.5 Å². The van der Waals surface area contributed by atoms with Gasteiger partial charge in [-0.25, -0.2) is 9.97 Å². The number of hydrogen-bond donors (Lipinski definition) is 1. The van der Waals surface area contributed by atoms with Gasteiger partial charge < -0.3 is 5.11 Å². The maximum absolute atomic E-state index is 9.41. The van der Waals surface area contributed by atoms with Crippen molar-refractivity contribution in [3.8, 4) is 5.82 Å². The molecule has 0 saturated heterocycles. The van der Waals surface area contributed by atoms with Crippen LogP contribution in [0.4, 0.5) is 0 Å². The van der Waals surface area contributed by atoms with Gasteiger partial charge in [-0.3, -0.25) is 4.57 Å². The Kier molecular flexibility index (Phi) is 2.75. The lowest BCUT2D eigenvalue weighted by Crippen LogP contribution is -2.07. The SMILES string of the molecule is Cc1cc(C)c(CO)c(-n2ccnc2C)n1. The zero-order chi connectivity index (χ0) is 11.7. The van der Waals surface area contributed by atoms with E-state index in [4.69, 9.17) is 0 Å². The normalized spacial score (nSPS) is 10.8. The standard InChI is InChI=1S/C12H15N3O/c1-8-6-9(2)14-12(11(8)7-16)15-5-4-13-10(15)3/h4-6,16H,7H2,1-3H3. The Morgan fingerprint density at radius 3 is 2.62 bits per heavy atom. The summed E-state index contributed by atoms with van der Waals surface area (Å²) in [6, 6.07) is 1.97. The first kappa shape index (κ1) is 10.8. The van der Waals surface area contributed by atoms with Crippen LogP contribution in [0, 0.1) is 20.8 Å². The summed E-state index contributed by atoms with van der Waals surface area (Å²) in [6.07, 6.45) is 3.59. The molecular weight excluding hydrogens is 202 g/mol. The molecule has 84 valence electrons. The third-order valence-corrected chi connectivity index (χ3v) is 2.67. The van der Waals surface area contributed by atoms with Gasteiger partial charge >= 0.3 is 0 Å². The summed E-state index contributed by atoms with van der Waals surface area (Å²) in [4.78, 5) is 8.64. The first-order chi connectivity index (χ1) is 7.63. The first-order valence-electron chi connectivity index (χ1n) is 5.21. The van der Waals surface area contributed by atoms with Crippen molar-refractivity contribution in [1.82, 2.24) is 14.5 Å². The van der Waals surface area contributed by atoms with Crippen LogP contribution in [-0.2, 0) is 6.61 Å². The van der Waals surface area contributed by atoms with Gasteiger partial charge in [0.2, 0.25) is 0 Å². The number of aryl methyl sites for hydroxylation is 3. The Morgan fingerprint density at radius 1 is 1.31 bits per heavy atom. The number of aromatic nitrogens is 3. The van der Waals surface area contributed by atoms with Crippen LogP contribution in [0.2, 0.25) is 0 Å². The van der Waals surface area contributed by atoms with Gasteiger partial charge in [-0.1, -0.05) is 0 Å². The molecule has 0 fully saturated rings. The van der Waals surface area contributed by atoms with Gasteiger partial charge in [0.05, 0.1) is 6.61 Å². The molecule has 0 radical (unpaired) electrons. The second-order valence-corrected chi connectivity index (χ2v) is 3.89. The fourth-order valence-corrected chi connectivity index (χ4v) is 1.84. The molecule has 0 aliphatic rings. The van der Waals surface area contributed by atoms with E-state index < -0.39 is 0 Å². The Labute approximate surface area is 94.6 Å². The fraction of sp³-hybridized carbons (Fsp3) is 0.333. The minimum Gasteiger partial charge on any atom is -0.392 e. The van der Waals surface area contributed by atoms with E-state index in [0.29, 0.717) is 0 Å². The molecule has 0 aliphatic heterocycles. The molecular formula is C12H15N3O. The summed E-state index contributed by atoms with van der Waals surface area (Å²) < 4.78 is 1.89. The van der Waals surface area contributed by atoms with Gasteiger partial charge in [-0.2, -0.15) is 0 Å². The van der Waals surface area contributed by atoms with E-state index in [-0.39, 0.29) is 6.61 Å². The third kappa shape index (κ3) is 1.72. The molecule has 0 spiro atoms. The fourth-order valence-electron chi connectivity index (χ4n) is 1.84. The van der Waals surface area contributed by atoms with Gasteiger partial charge in [-0.05, 0) is 32.4 Å². The van der Waals surface area contributed by atoms with E-state index in [0.717, 1.165) is 28.5 Å². The smallest absolute Gasteiger partial charge is 0.144 e. The molecule has 0 aromatic carbocycles. The van der Waals surface area contributed by atoms with Crippen molar-refractivity contribution in [2.75, 3.05) is 0 Å². The highest BCUT2D eigenvalue weighted by atomic mass is 16.3. The molecule has 0 aliphatic carbocycles. The summed E-state index contributed by atoms with van der Waals surface area (Å²) >= 11 is 0. The van der Waals surface area contributed by atoms with E-state index >= 15 is 0 Å². The van der Waals surface area contributed by atoms with Crippen LogP contribution >= 0.6 is 0 Å². The lowest BCUT2D eigenvalue weighted by Gasteiger charge is -2.12. The zero-order valence-corrected chi connectivity index (χ0v) is 9.73. The van der Waals surface area contributed by atoms with Gasteiger partial charge in [-0.15, -0.1) is 0 Å². The highest BCUT2D eigenvalue weighted by Gasteiger charge is 2.11. The predicted molar refractivity (Wildman–Crippen MR) is 61.5 cm³/mol. The summed E-state index contributed by atoms with van der Waals surface area (Å²) in [5.74, 6) is 1.64. The van der Waals surface area contributed by atoms with Crippen LogP contribution < -0.4 is 0 Å². The third-order valence-electron chi connectivity index (χ3n) is 2.67.